The Labute approximate surface area is 128 Å². The Morgan fingerprint density at radius 1 is 1.39 bits per heavy atom. The van der Waals surface area contributed by atoms with E-state index < -0.39 is 18.0 Å². The molecule has 0 bridgehead atoms. The Hall–Kier alpha value is -2.39. The molecule has 1 saturated heterocycles. The van der Waals surface area contributed by atoms with E-state index in [4.69, 9.17) is 8.94 Å². The Balaban J connectivity index is 1.73. The lowest BCUT2D eigenvalue weighted by Crippen LogP contribution is -2.39. The van der Waals surface area contributed by atoms with Crippen LogP contribution in [0.3, 0.4) is 0 Å². The maximum Gasteiger partial charge on any atom is 0.470 e. The smallest absolute Gasteiger partial charge is 0.417 e. The molecule has 2 aromatic rings. The van der Waals surface area contributed by atoms with Gasteiger partial charge in [0.15, 0.2) is 5.69 Å². The summed E-state index contributed by atoms with van der Waals surface area (Å²) >= 11 is 0. The van der Waals surface area contributed by atoms with E-state index in [9.17, 15) is 18.0 Å². The van der Waals surface area contributed by atoms with Crippen molar-refractivity contribution in [2.75, 3.05) is 13.1 Å². The molecule has 7 nitrogen and oxygen atoms in total. The van der Waals surface area contributed by atoms with Crippen LogP contribution in [0.15, 0.2) is 15.0 Å². The summed E-state index contributed by atoms with van der Waals surface area (Å²) in [4.78, 5) is 13.8. The van der Waals surface area contributed by atoms with Crippen molar-refractivity contribution in [1.29, 1.82) is 0 Å². The maximum absolute atomic E-state index is 12.5. The van der Waals surface area contributed by atoms with E-state index in [1.54, 1.807) is 6.92 Å². The summed E-state index contributed by atoms with van der Waals surface area (Å²) in [5.41, 5.74) is 0.171. The summed E-state index contributed by atoms with van der Waals surface area (Å²) in [7, 11) is 0. The van der Waals surface area contributed by atoms with Crippen molar-refractivity contribution in [2.45, 2.75) is 31.9 Å². The fourth-order valence-corrected chi connectivity index (χ4v) is 2.51. The second-order valence-electron chi connectivity index (χ2n) is 5.36. The average molecular weight is 330 g/mol. The number of carbonyl (C=O) groups is 1. The number of hydrogen-bond acceptors (Lipinski definition) is 6. The van der Waals surface area contributed by atoms with Crippen LogP contribution >= 0.6 is 0 Å². The summed E-state index contributed by atoms with van der Waals surface area (Å²) in [5, 5.41) is 10.1. The first-order valence-electron chi connectivity index (χ1n) is 6.98. The number of alkyl halides is 3. The van der Waals surface area contributed by atoms with E-state index in [-0.39, 0.29) is 24.0 Å². The van der Waals surface area contributed by atoms with Crippen LogP contribution in [0.25, 0.3) is 0 Å². The van der Waals surface area contributed by atoms with Crippen molar-refractivity contribution in [2.24, 2.45) is 0 Å². The third-order valence-electron chi connectivity index (χ3n) is 3.59. The van der Waals surface area contributed by atoms with Gasteiger partial charge >= 0.3 is 12.1 Å². The quantitative estimate of drug-likeness (QED) is 0.840. The zero-order chi connectivity index (χ0) is 16.6. The minimum absolute atomic E-state index is 0.105. The lowest BCUT2D eigenvalue weighted by Gasteiger charge is -2.30. The Morgan fingerprint density at radius 2 is 2.17 bits per heavy atom. The normalized spacial score (nSPS) is 19.1. The van der Waals surface area contributed by atoms with Gasteiger partial charge in [0.25, 0.3) is 5.91 Å². The molecule has 10 heteroatoms. The molecule has 0 aliphatic carbocycles. The van der Waals surface area contributed by atoms with Crippen molar-refractivity contribution in [3.63, 3.8) is 0 Å². The molecule has 0 N–H and O–H groups in total. The summed E-state index contributed by atoms with van der Waals surface area (Å²) < 4.78 is 47.1. The predicted molar refractivity (Wildman–Crippen MR) is 68.4 cm³/mol. The van der Waals surface area contributed by atoms with Gasteiger partial charge < -0.3 is 13.8 Å². The Bertz CT molecular complexity index is 709. The van der Waals surface area contributed by atoms with Gasteiger partial charge in [0, 0.05) is 19.2 Å². The fourth-order valence-electron chi connectivity index (χ4n) is 2.51. The second-order valence-corrected chi connectivity index (χ2v) is 5.36. The third kappa shape index (κ3) is 3.20. The average Bonchev–Trinajstić information content (AvgIpc) is 3.15. The van der Waals surface area contributed by atoms with Crippen LogP contribution in [0.4, 0.5) is 13.2 Å². The first-order valence-corrected chi connectivity index (χ1v) is 6.98. The Morgan fingerprint density at radius 3 is 2.78 bits per heavy atom. The molecule has 1 atom stereocenters. The Kier molecular flexibility index (Phi) is 3.82. The molecule has 23 heavy (non-hydrogen) atoms. The number of rotatable bonds is 2. The zero-order valence-corrected chi connectivity index (χ0v) is 12.1. The summed E-state index contributed by atoms with van der Waals surface area (Å²) in [6, 6.07) is 1.51. The fraction of sp³-hybridized carbons (Fsp3) is 0.538. The van der Waals surface area contributed by atoms with E-state index >= 15 is 0 Å². The molecule has 1 fully saturated rings. The van der Waals surface area contributed by atoms with Crippen LogP contribution < -0.4 is 0 Å². The van der Waals surface area contributed by atoms with Crippen molar-refractivity contribution >= 4 is 5.91 Å². The van der Waals surface area contributed by atoms with E-state index in [1.165, 1.54) is 11.0 Å². The highest BCUT2D eigenvalue weighted by Gasteiger charge is 2.39. The minimum atomic E-state index is -4.67. The molecule has 0 radical (unpaired) electrons. The van der Waals surface area contributed by atoms with E-state index in [1.807, 2.05) is 0 Å². The van der Waals surface area contributed by atoms with Crippen LogP contribution in [-0.2, 0) is 6.18 Å². The van der Waals surface area contributed by atoms with Gasteiger partial charge in [-0.3, -0.25) is 4.79 Å². The van der Waals surface area contributed by atoms with Gasteiger partial charge in [0.2, 0.25) is 5.89 Å². The SMILES string of the molecule is Cc1cc(C(=O)N2CCC[C@H](c3nnc(C(F)(F)F)o3)C2)no1. The van der Waals surface area contributed by atoms with E-state index in [2.05, 4.69) is 15.4 Å². The molecular weight excluding hydrogens is 317 g/mol. The first kappa shape index (κ1) is 15.5. The minimum Gasteiger partial charge on any atom is -0.417 e. The number of likely N-dealkylation sites (tertiary alicyclic amines) is 1. The van der Waals surface area contributed by atoms with Gasteiger partial charge in [-0.05, 0) is 19.8 Å². The molecular formula is C13H13F3N4O3. The van der Waals surface area contributed by atoms with Crippen LogP contribution in [0.1, 0.15) is 46.8 Å². The molecule has 0 saturated carbocycles. The van der Waals surface area contributed by atoms with Crippen molar-refractivity contribution in [3.05, 3.63) is 29.3 Å². The number of halogens is 3. The molecule has 1 amide bonds. The van der Waals surface area contributed by atoms with Gasteiger partial charge in [0.1, 0.15) is 5.76 Å². The lowest BCUT2D eigenvalue weighted by atomic mass is 9.98. The number of amides is 1. The van der Waals surface area contributed by atoms with Crippen LogP contribution in [0, 0.1) is 6.92 Å². The van der Waals surface area contributed by atoms with Gasteiger partial charge in [0.05, 0.1) is 5.92 Å². The molecule has 0 aromatic carbocycles. The highest BCUT2D eigenvalue weighted by atomic mass is 19.4. The van der Waals surface area contributed by atoms with Crippen LogP contribution in [-0.4, -0.2) is 39.3 Å². The summed E-state index contributed by atoms with van der Waals surface area (Å²) in [5.74, 6) is -1.73. The van der Waals surface area contributed by atoms with Gasteiger partial charge in [-0.2, -0.15) is 13.2 Å². The van der Waals surface area contributed by atoms with Gasteiger partial charge in [-0.1, -0.05) is 5.16 Å². The second kappa shape index (κ2) is 5.67. The van der Waals surface area contributed by atoms with E-state index in [0.717, 1.165) is 0 Å². The van der Waals surface area contributed by atoms with Crippen LogP contribution in [0.5, 0.6) is 0 Å². The molecule has 3 rings (SSSR count). The van der Waals surface area contributed by atoms with Crippen molar-refractivity contribution in [3.8, 4) is 0 Å². The largest absolute Gasteiger partial charge is 0.470 e. The number of nitrogens with zero attached hydrogens (tertiary/aromatic N) is 4. The molecule has 1 aliphatic heterocycles. The topological polar surface area (TPSA) is 85.3 Å². The molecule has 0 unspecified atom stereocenters. The van der Waals surface area contributed by atoms with Crippen LogP contribution in [0.2, 0.25) is 0 Å². The predicted octanol–water partition coefficient (Wildman–Crippen LogP) is 2.40. The summed E-state index contributed by atoms with van der Waals surface area (Å²) in [6.07, 6.45) is -3.48. The number of aryl methyl sites for hydroxylation is 1. The first-order chi connectivity index (χ1) is 10.8. The monoisotopic (exact) mass is 330 g/mol. The van der Waals surface area contributed by atoms with E-state index in [0.29, 0.717) is 25.1 Å². The lowest BCUT2D eigenvalue weighted by molar-refractivity contribution is -0.157. The van der Waals surface area contributed by atoms with Gasteiger partial charge in [-0.25, -0.2) is 0 Å². The third-order valence-corrected chi connectivity index (χ3v) is 3.59. The highest BCUT2D eigenvalue weighted by molar-refractivity contribution is 5.92. The molecule has 1 aliphatic rings. The standard InChI is InChI=1S/C13H13F3N4O3/c1-7-5-9(19-23-7)11(21)20-4-2-3-8(6-20)10-17-18-12(22-10)13(14,15)16/h5,8H,2-4,6H2,1H3/t8-/m0/s1. The molecule has 2 aromatic heterocycles. The highest BCUT2D eigenvalue weighted by Crippen LogP contribution is 2.32. The number of carbonyl (C=O) groups excluding carboxylic acids is 1. The number of hydrogen-bond donors (Lipinski definition) is 0. The van der Waals surface area contributed by atoms with Crippen molar-refractivity contribution in [1.82, 2.24) is 20.3 Å². The number of piperidine rings is 1. The van der Waals surface area contributed by atoms with Crippen molar-refractivity contribution < 1.29 is 26.9 Å². The molecule has 0 spiro atoms. The maximum atomic E-state index is 12.5. The molecule has 3 heterocycles. The molecule has 124 valence electrons. The zero-order valence-electron chi connectivity index (χ0n) is 12.1. The number of aromatic nitrogens is 3. The summed E-state index contributed by atoms with van der Waals surface area (Å²) in [6.45, 7) is 2.35. The van der Waals surface area contributed by atoms with Gasteiger partial charge in [-0.15, -0.1) is 10.2 Å².